The van der Waals surface area contributed by atoms with Gasteiger partial charge in [-0.15, -0.1) is 0 Å². The molecular formula is C20H25ClN2O3. The zero-order chi connectivity index (χ0) is 18.8. The molecule has 140 valence electrons. The van der Waals surface area contributed by atoms with E-state index in [1.807, 2.05) is 18.2 Å². The molecule has 0 saturated carbocycles. The van der Waals surface area contributed by atoms with Crippen molar-refractivity contribution in [1.29, 1.82) is 0 Å². The molecule has 0 unspecified atom stereocenters. The zero-order valence-electron chi connectivity index (χ0n) is 15.0. The van der Waals surface area contributed by atoms with Crippen molar-refractivity contribution in [1.82, 2.24) is 5.32 Å². The highest BCUT2D eigenvalue weighted by Gasteiger charge is 2.14. The average Bonchev–Trinajstić information content (AvgIpc) is 2.66. The summed E-state index contributed by atoms with van der Waals surface area (Å²) >= 11 is 5.99. The van der Waals surface area contributed by atoms with Crippen LogP contribution in [0.2, 0.25) is 5.02 Å². The van der Waals surface area contributed by atoms with Gasteiger partial charge < -0.3 is 20.5 Å². The van der Waals surface area contributed by atoms with Crippen molar-refractivity contribution in [2.75, 3.05) is 32.6 Å². The number of ether oxygens (including phenoxy) is 2. The Balaban J connectivity index is 1.62. The second-order valence-corrected chi connectivity index (χ2v) is 6.29. The maximum Gasteiger partial charge on any atom is 0.255 e. The summed E-state index contributed by atoms with van der Waals surface area (Å²) in [6, 6.07) is 13.3. The van der Waals surface area contributed by atoms with Crippen LogP contribution in [0.1, 0.15) is 28.8 Å². The highest BCUT2D eigenvalue weighted by Crippen LogP contribution is 2.28. The van der Waals surface area contributed by atoms with Crippen molar-refractivity contribution in [3.05, 3.63) is 58.6 Å². The number of nitrogens with one attached hydrogen (secondary N) is 1. The topological polar surface area (TPSA) is 73.6 Å². The Kier molecular flexibility index (Phi) is 8.25. The van der Waals surface area contributed by atoms with Crippen LogP contribution < -0.4 is 15.8 Å². The smallest absolute Gasteiger partial charge is 0.255 e. The van der Waals surface area contributed by atoms with Crippen LogP contribution in [0, 0.1) is 0 Å². The van der Waals surface area contributed by atoms with E-state index in [4.69, 9.17) is 26.8 Å². The first kappa shape index (κ1) is 20.1. The molecule has 0 spiro atoms. The summed E-state index contributed by atoms with van der Waals surface area (Å²) in [5.41, 5.74) is 7.76. The third-order valence-corrected chi connectivity index (χ3v) is 4.27. The normalized spacial score (nSPS) is 10.5. The molecule has 2 rings (SSSR count). The van der Waals surface area contributed by atoms with Gasteiger partial charge in [-0.2, -0.15) is 0 Å². The van der Waals surface area contributed by atoms with E-state index in [2.05, 4.69) is 17.4 Å². The van der Waals surface area contributed by atoms with E-state index in [0.717, 1.165) is 19.3 Å². The number of methoxy groups -OCH3 is 1. The number of carbonyl (C=O) groups is 1. The second kappa shape index (κ2) is 10.7. The van der Waals surface area contributed by atoms with E-state index >= 15 is 0 Å². The van der Waals surface area contributed by atoms with Crippen molar-refractivity contribution >= 4 is 23.2 Å². The summed E-state index contributed by atoms with van der Waals surface area (Å²) in [4.78, 5) is 12.3. The van der Waals surface area contributed by atoms with Gasteiger partial charge in [-0.1, -0.05) is 41.9 Å². The van der Waals surface area contributed by atoms with Gasteiger partial charge in [-0.25, -0.2) is 0 Å². The summed E-state index contributed by atoms with van der Waals surface area (Å²) in [5, 5.41) is 3.20. The number of anilines is 1. The molecule has 0 aromatic heterocycles. The molecule has 0 fully saturated rings. The Morgan fingerprint density at radius 3 is 2.65 bits per heavy atom. The van der Waals surface area contributed by atoms with Gasteiger partial charge in [-0.3, -0.25) is 4.79 Å². The lowest BCUT2D eigenvalue weighted by Gasteiger charge is -2.11. The SMILES string of the molecule is COc1cc(N)c(Cl)cc1C(=O)NCCCCOCCc1ccccc1. The number of halogens is 1. The number of rotatable bonds is 10. The maximum atomic E-state index is 12.3. The Labute approximate surface area is 159 Å². The molecule has 0 aliphatic heterocycles. The second-order valence-electron chi connectivity index (χ2n) is 5.88. The molecule has 0 aliphatic carbocycles. The van der Waals surface area contributed by atoms with Gasteiger partial charge in [0.15, 0.2) is 0 Å². The average molecular weight is 377 g/mol. The largest absolute Gasteiger partial charge is 0.496 e. The monoisotopic (exact) mass is 376 g/mol. The van der Waals surface area contributed by atoms with Gasteiger partial charge in [0.1, 0.15) is 5.75 Å². The van der Waals surface area contributed by atoms with Crippen LogP contribution in [-0.4, -0.2) is 32.8 Å². The first-order valence-corrected chi connectivity index (χ1v) is 9.02. The molecule has 0 heterocycles. The summed E-state index contributed by atoms with van der Waals surface area (Å²) in [6.45, 7) is 1.95. The lowest BCUT2D eigenvalue weighted by atomic mass is 10.1. The van der Waals surface area contributed by atoms with Crippen molar-refractivity contribution < 1.29 is 14.3 Å². The molecule has 2 aromatic carbocycles. The van der Waals surface area contributed by atoms with Crippen LogP contribution in [-0.2, 0) is 11.2 Å². The van der Waals surface area contributed by atoms with Crippen molar-refractivity contribution in [2.45, 2.75) is 19.3 Å². The quantitative estimate of drug-likeness (QED) is 0.489. The number of hydrogen-bond acceptors (Lipinski definition) is 4. The van der Waals surface area contributed by atoms with Gasteiger partial charge in [-0.05, 0) is 30.9 Å². The van der Waals surface area contributed by atoms with Crippen LogP contribution >= 0.6 is 11.6 Å². The van der Waals surface area contributed by atoms with Crippen molar-refractivity contribution in [2.24, 2.45) is 0 Å². The minimum absolute atomic E-state index is 0.228. The molecule has 5 nitrogen and oxygen atoms in total. The van der Waals surface area contributed by atoms with Crippen LogP contribution in [0.15, 0.2) is 42.5 Å². The molecule has 0 atom stereocenters. The molecule has 0 aliphatic rings. The van der Waals surface area contributed by atoms with E-state index in [0.29, 0.717) is 41.8 Å². The van der Waals surface area contributed by atoms with Gasteiger partial charge in [0.2, 0.25) is 0 Å². The van der Waals surface area contributed by atoms with E-state index in [1.54, 1.807) is 6.07 Å². The molecule has 6 heteroatoms. The molecule has 1 amide bonds. The summed E-state index contributed by atoms with van der Waals surface area (Å²) in [5.74, 6) is 0.183. The van der Waals surface area contributed by atoms with Gasteiger partial charge in [0, 0.05) is 19.2 Å². The molecule has 0 saturated heterocycles. The van der Waals surface area contributed by atoms with Crippen LogP contribution in [0.3, 0.4) is 0 Å². The molecule has 3 N–H and O–H groups in total. The Morgan fingerprint density at radius 2 is 1.92 bits per heavy atom. The number of benzene rings is 2. The standard InChI is InChI=1S/C20H25ClN2O3/c1-25-19-14-18(22)17(21)13-16(19)20(24)23-10-5-6-11-26-12-9-15-7-3-2-4-8-15/h2-4,7-8,13-14H,5-6,9-12,22H2,1H3,(H,23,24). The Hall–Kier alpha value is -2.24. The van der Waals surface area contributed by atoms with Gasteiger partial charge >= 0.3 is 0 Å². The number of carbonyl (C=O) groups excluding carboxylic acids is 1. The van der Waals surface area contributed by atoms with E-state index in [-0.39, 0.29) is 5.91 Å². The number of amides is 1. The first-order chi connectivity index (χ1) is 12.6. The van der Waals surface area contributed by atoms with Crippen LogP contribution in [0.4, 0.5) is 5.69 Å². The fourth-order valence-corrected chi connectivity index (χ4v) is 2.64. The van der Waals surface area contributed by atoms with Gasteiger partial charge in [0.05, 0.1) is 30.0 Å². The maximum absolute atomic E-state index is 12.3. The predicted molar refractivity (Wildman–Crippen MR) is 105 cm³/mol. The van der Waals surface area contributed by atoms with Crippen molar-refractivity contribution in [3.63, 3.8) is 0 Å². The number of unbranched alkanes of at least 4 members (excludes halogenated alkanes) is 1. The lowest BCUT2D eigenvalue weighted by molar-refractivity contribution is 0.0946. The van der Waals surface area contributed by atoms with Crippen LogP contribution in [0.25, 0.3) is 0 Å². The summed E-state index contributed by atoms with van der Waals surface area (Å²) < 4.78 is 10.8. The molecular weight excluding hydrogens is 352 g/mol. The first-order valence-electron chi connectivity index (χ1n) is 8.64. The predicted octanol–water partition coefficient (Wildman–Crippen LogP) is 3.70. The molecule has 26 heavy (non-hydrogen) atoms. The Morgan fingerprint density at radius 1 is 1.15 bits per heavy atom. The highest BCUT2D eigenvalue weighted by atomic mass is 35.5. The third-order valence-electron chi connectivity index (χ3n) is 3.94. The minimum atomic E-state index is -0.228. The van der Waals surface area contributed by atoms with E-state index < -0.39 is 0 Å². The molecule has 0 radical (unpaired) electrons. The Bertz CT molecular complexity index is 708. The van der Waals surface area contributed by atoms with E-state index in [1.165, 1.54) is 18.7 Å². The minimum Gasteiger partial charge on any atom is -0.496 e. The zero-order valence-corrected chi connectivity index (χ0v) is 15.7. The van der Waals surface area contributed by atoms with Gasteiger partial charge in [0.25, 0.3) is 5.91 Å². The third kappa shape index (κ3) is 6.24. The number of nitrogens with two attached hydrogens (primary N) is 1. The summed E-state index contributed by atoms with van der Waals surface area (Å²) in [7, 11) is 1.49. The van der Waals surface area contributed by atoms with Crippen molar-refractivity contribution in [3.8, 4) is 5.75 Å². The summed E-state index contributed by atoms with van der Waals surface area (Å²) in [6.07, 6.45) is 2.63. The lowest BCUT2D eigenvalue weighted by Crippen LogP contribution is -2.25. The number of nitrogen functional groups attached to an aromatic ring is 1. The van der Waals surface area contributed by atoms with E-state index in [9.17, 15) is 4.79 Å². The molecule has 2 aromatic rings. The number of hydrogen-bond donors (Lipinski definition) is 2. The molecule has 0 bridgehead atoms. The van der Waals surface area contributed by atoms with Crippen LogP contribution in [0.5, 0.6) is 5.75 Å². The highest BCUT2D eigenvalue weighted by molar-refractivity contribution is 6.33. The fraction of sp³-hybridized carbons (Fsp3) is 0.350. The fourth-order valence-electron chi connectivity index (χ4n) is 2.48.